The van der Waals surface area contributed by atoms with Gasteiger partial charge in [-0.25, -0.2) is 9.59 Å². The Morgan fingerprint density at radius 1 is 1.04 bits per heavy atom. The van der Waals surface area contributed by atoms with Gasteiger partial charge in [-0.05, 0) is 117 Å². The average Bonchev–Trinajstić information content (AvgIpc) is 3.37. The van der Waals surface area contributed by atoms with Crippen molar-refractivity contribution in [3.05, 3.63) is 47.5 Å². The fourth-order valence-corrected chi connectivity index (χ4v) is 10.0. The van der Waals surface area contributed by atoms with Gasteiger partial charge < -0.3 is 25.2 Å². The van der Waals surface area contributed by atoms with Gasteiger partial charge in [0.25, 0.3) is 0 Å². The van der Waals surface area contributed by atoms with E-state index in [0.29, 0.717) is 36.6 Å². The van der Waals surface area contributed by atoms with E-state index in [1.54, 1.807) is 5.57 Å². The standard InChI is InChI=1S/C37H54N2O6/c1-24(22-38-20-8-11-33(34(41)42)39-35(43)44-23-26-9-6-5-7-10-26)30-14-15-31-29-13-12-27-21-28(45-25(2)40)16-18-36(27,3)32(29)17-19-37(30,31)4/h5-7,9-10,12,24,28-33,38H,8,11,13-23H2,1-4H3,(H,39,43)(H,41,42)/t24-,28+,29+,30-,31+,32+,33+,36+,37-/m1/s1. The molecule has 8 nitrogen and oxygen atoms in total. The van der Waals surface area contributed by atoms with Gasteiger partial charge in [-0.3, -0.25) is 4.79 Å². The van der Waals surface area contributed by atoms with Crippen LogP contribution in [0, 0.1) is 40.4 Å². The molecule has 0 bridgehead atoms. The van der Waals surface area contributed by atoms with E-state index < -0.39 is 18.1 Å². The Morgan fingerprint density at radius 3 is 2.56 bits per heavy atom. The second kappa shape index (κ2) is 14.3. The van der Waals surface area contributed by atoms with Gasteiger partial charge in [0.05, 0.1) is 0 Å². The number of nitrogens with one attached hydrogen (secondary N) is 2. The van der Waals surface area contributed by atoms with Crippen LogP contribution in [0.5, 0.6) is 0 Å². The van der Waals surface area contributed by atoms with Crippen LogP contribution in [0.25, 0.3) is 0 Å². The van der Waals surface area contributed by atoms with Crippen molar-refractivity contribution in [2.24, 2.45) is 40.4 Å². The second-order valence-corrected chi connectivity index (χ2v) is 14.9. The normalized spacial score (nSPS) is 33.4. The molecule has 4 aliphatic rings. The van der Waals surface area contributed by atoms with E-state index in [1.807, 2.05) is 30.3 Å². The second-order valence-electron chi connectivity index (χ2n) is 14.9. The van der Waals surface area contributed by atoms with Gasteiger partial charge >= 0.3 is 18.0 Å². The number of aliphatic carboxylic acids is 1. The van der Waals surface area contributed by atoms with E-state index in [1.165, 1.54) is 39.0 Å². The highest BCUT2D eigenvalue weighted by atomic mass is 16.5. The number of esters is 1. The third kappa shape index (κ3) is 7.42. The van der Waals surface area contributed by atoms with Gasteiger partial charge in [-0.2, -0.15) is 0 Å². The van der Waals surface area contributed by atoms with E-state index >= 15 is 0 Å². The van der Waals surface area contributed by atoms with Crippen LogP contribution >= 0.6 is 0 Å². The van der Waals surface area contributed by atoms with Crippen molar-refractivity contribution >= 4 is 18.0 Å². The highest BCUT2D eigenvalue weighted by Crippen LogP contribution is 2.67. The lowest BCUT2D eigenvalue weighted by Gasteiger charge is -2.58. The summed E-state index contributed by atoms with van der Waals surface area (Å²) in [5.41, 5.74) is 3.00. The molecule has 5 rings (SSSR count). The highest BCUT2D eigenvalue weighted by Gasteiger charge is 2.59. The summed E-state index contributed by atoms with van der Waals surface area (Å²) in [6.45, 7) is 10.7. The van der Waals surface area contributed by atoms with Crippen molar-refractivity contribution in [3.8, 4) is 0 Å². The van der Waals surface area contributed by atoms with Crippen LogP contribution in [-0.4, -0.2) is 48.4 Å². The van der Waals surface area contributed by atoms with Crippen LogP contribution in [0.15, 0.2) is 42.0 Å². The van der Waals surface area contributed by atoms with Crippen molar-refractivity contribution in [2.45, 2.75) is 111 Å². The molecule has 0 spiro atoms. The Morgan fingerprint density at radius 2 is 1.82 bits per heavy atom. The Balaban J connectivity index is 1.07. The zero-order chi connectivity index (χ0) is 32.2. The maximum absolute atomic E-state index is 12.2. The number of carboxylic acids is 1. The molecule has 0 aliphatic heterocycles. The largest absolute Gasteiger partial charge is 0.480 e. The average molecular weight is 623 g/mol. The molecule has 0 unspecified atom stereocenters. The van der Waals surface area contributed by atoms with Crippen molar-refractivity contribution in [2.75, 3.05) is 13.1 Å². The quantitative estimate of drug-likeness (QED) is 0.132. The summed E-state index contributed by atoms with van der Waals surface area (Å²) in [6.07, 6.45) is 12.2. The lowest BCUT2D eigenvalue weighted by molar-refractivity contribution is -0.148. The first kappa shape index (κ1) is 33.5. The Bertz CT molecular complexity index is 1230. The topological polar surface area (TPSA) is 114 Å². The fraction of sp³-hybridized carbons (Fsp3) is 0.703. The molecule has 3 N–H and O–H groups in total. The highest BCUT2D eigenvalue weighted by molar-refractivity contribution is 5.79. The number of fused-ring (bicyclic) bond motifs is 5. The minimum atomic E-state index is -1.04. The zero-order valence-electron chi connectivity index (χ0n) is 27.7. The van der Waals surface area contributed by atoms with Gasteiger partial charge in [0.15, 0.2) is 0 Å². The predicted octanol–water partition coefficient (Wildman–Crippen LogP) is 6.88. The summed E-state index contributed by atoms with van der Waals surface area (Å²) in [5.74, 6) is 2.25. The van der Waals surface area contributed by atoms with E-state index in [0.717, 1.165) is 49.1 Å². The molecule has 0 aromatic heterocycles. The maximum Gasteiger partial charge on any atom is 0.408 e. The first-order chi connectivity index (χ1) is 21.5. The number of hydrogen-bond acceptors (Lipinski definition) is 6. The molecule has 1 amide bonds. The monoisotopic (exact) mass is 622 g/mol. The summed E-state index contributed by atoms with van der Waals surface area (Å²) in [7, 11) is 0. The maximum atomic E-state index is 12.2. The summed E-state index contributed by atoms with van der Waals surface area (Å²) < 4.78 is 10.8. The first-order valence-corrected chi connectivity index (χ1v) is 17.3. The van der Waals surface area contributed by atoms with Crippen LogP contribution in [0.3, 0.4) is 0 Å². The van der Waals surface area contributed by atoms with Crippen LogP contribution in [0.2, 0.25) is 0 Å². The number of alkyl carbamates (subject to hydrolysis) is 1. The number of benzene rings is 1. The van der Waals surface area contributed by atoms with Crippen molar-refractivity contribution in [1.82, 2.24) is 10.6 Å². The van der Waals surface area contributed by atoms with Crippen molar-refractivity contribution in [1.29, 1.82) is 0 Å². The smallest absolute Gasteiger partial charge is 0.408 e. The van der Waals surface area contributed by atoms with Gasteiger partial charge in [0.1, 0.15) is 18.8 Å². The molecule has 8 heteroatoms. The number of carbonyl (C=O) groups is 3. The lowest BCUT2D eigenvalue weighted by Crippen LogP contribution is -2.51. The van der Waals surface area contributed by atoms with Gasteiger partial charge in [0, 0.05) is 13.3 Å². The minimum absolute atomic E-state index is 0.0455. The molecular formula is C37H54N2O6. The number of amides is 1. The molecule has 0 heterocycles. The third-order valence-corrected chi connectivity index (χ3v) is 12.3. The number of rotatable bonds is 12. The first-order valence-electron chi connectivity index (χ1n) is 17.3. The zero-order valence-corrected chi connectivity index (χ0v) is 27.7. The summed E-state index contributed by atoms with van der Waals surface area (Å²) in [6, 6.07) is 8.36. The van der Waals surface area contributed by atoms with Gasteiger partial charge in [0.2, 0.25) is 0 Å². The number of allylic oxidation sites excluding steroid dienone is 1. The Hall–Kier alpha value is -2.87. The summed E-state index contributed by atoms with van der Waals surface area (Å²) in [4.78, 5) is 35.5. The summed E-state index contributed by atoms with van der Waals surface area (Å²) in [5, 5.41) is 15.7. The van der Waals surface area contributed by atoms with Crippen LogP contribution in [0.4, 0.5) is 4.79 Å². The SMILES string of the molecule is CC(=O)O[C@H]1CC[C@@]2(C)C(=CC[C@H]3[C@@H]4CC[C@H]([C@H](C)CNCCC[C@H](NC(=O)OCc5ccccc5)C(=O)O)[C@@]4(C)CC[C@@H]32)C1. The number of carbonyl (C=O) groups excluding carboxylic acids is 2. The van der Waals surface area contributed by atoms with E-state index in [4.69, 9.17) is 9.47 Å². The molecule has 1 aromatic carbocycles. The fourth-order valence-electron chi connectivity index (χ4n) is 10.0. The predicted molar refractivity (Wildman–Crippen MR) is 173 cm³/mol. The lowest BCUT2D eigenvalue weighted by atomic mass is 9.47. The molecule has 4 aliphatic carbocycles. The van der Waals surface area contributed by atoms with Crippen LogP contribution in [-0.2, 0) is 25.7 Å². The van der Waals surface area contributed by atoms with Crippen molar-refractivity contribution in [3.63, 3.8) is 0 Å². The van der Waals surface area contributed by atoms with Crippen LogP contribution < -0.4 is 10.6 Å². The van der Waals surface area contributed by atoms with Crippen molar-refractivity contribution < 1.29 is 29.0 Å². The molecule has 3 saturated carbocycles. The van der Waals surface area contributed by atoms with Gasteiger partial charge in [-0.15, -0.1) is 0 Å². The van der Waals surface area contributed by atoms with E-state index in [2.05, 4.69) is 37.5 Å². The third-order valence-electron chi connectivity index (χ3n) is 12.3. The molecule has 3 fully saturated rings. The number of ether oxygens (including phenoxy) is 2. The summed E-state index contributed by atoms with van der Waals surface area (Å²) >= 11 is 0. The molecule has 45 heavy (non-hydrogen) atoms. The molecule has 248 valence electrons. The molecule has 0 radical (unpaired) electrons. The molecular weight excluding hydrogens is 568 g/mol. The number of carboxylic acid groups (broad SMARTS) is 1. The minimum Gasteiger partial charge on any atom is -0.480 e. The molecule has 0 saturated heterocycles. The molecule has 1 aromatic rings. The van der Waals surface area contributed by atoms with E-state index in [9.17, 15) is 19.5 Å². The number of hydrogen-bond donors (Lipinski definition) is 3. The molecule has 9 atom stereocenters. The van der Waals surface area contributed by atoms with Crippen LogP contribution in [0.1, 0.15) is 97.5 Å². The van der Waals surface area contributed by atoms with E-state index in [-0.39, 0.29) is 24.1 Å². The van der Waals surface area contributed by atoms with Gasteiger partial charge in [-0.1, -0.05) is 62.8 Å². The Labute approximate surface area is 269 Å². The Kier molecular flexibility index (Phi) is 10.6.